The molecule has 1 aromatic carbocycles. The topological polar surface area (TPSA) is 96.8 Å². The smallest absolute Gasteiger partial charge is 0.410 e. The molecule has 0 bridgehead atoms. The predicted molar refractivity (Wildman–Crippen MR) is 126 cm³/mol. The van der Waals surface area contributed by atoms with Crippen molar-refractivity contribution < 1.29 is 24.2 Å². The molecule has 1 aromatic heterocycles. The van der Waals surface area contributed by atoms with Crippen LogP contribution in [0.4, 0.5) is 4.79 Å². The molecular formula is C27H32N2O5. The number of carbonyl (C=O) groups is 3. The molecule has 1 N–H and O–H groups in total. The van der Waals surface area contributed by atoms with Crippen LogP contribution >= 0.6 is 0 Å². The molecule has 34 heavy (non-hydrogen) atoms. The highest BCUT2D eigenvalue weighted by Crippen LogP contribution is 2.29. The van der Waals surface area contributed by atoms with E-state index in [9.17, 15) is 14.4 Å². The van der Waals surface area contributed by atoms with Crippen LogP contribution in [-0.4, -0.2) is 45.5 Å². The summed E-state index contributed by atoms with van der Waals surface area (Å²) < 4.78 is 5.73. The maximum Gasteiger partial charge on any atom is 0.410 e. The summed E-state index contributed by atoms with van der Waals surface area (Å²) in [5.41, 5.74) is 5.26. The Morgan fingerprint density at radius 2 is 1.79 bits per heavy atom. The van der Waals surface area contributed by atoms with E-state index in [4.69, 9.17) is 9.84 Å². The van der Waals surface area contributed by atoms with Gasteiger partial charge in [-0.15, -0.1) is 0 Å². The number of rotatable bonds is 7. The Bertz CT molecular complexity index is 1060. The van der Waals surface area contributed by atoms with Gasteiger partial charge in [-0.05, 0) is 72.8 Å². The number of carboxylic acid groups (broad SMARTS) is 1. The number of pyridine rings is 1. The fourth-order valence-electron chi connectivity index (χ4n) is 5.02. The number of aliphatic carboxylic acids is 1. The van der Waals surface area contributed by atoms with Crippen molar-refractivity contribution >= 4 is 17.8 Å². The molecule has 1 aliphatic heterocycles. The van der Waals surface area contributed by atoms with Crippen LogP contribution < -0.4 is 0 Å². The molecular weight excluding hydrogens is 432 g/mol. The maximum absolute atomic E-state index is 12.7. The number of aryl methyl sites for hydroxylation is 1. The van der Waals surface area contributed by atoms with E-state index in [1.54, 1.807) is 17.3 Å². The molecule has 4 rings (SSSR count). The summed E-state index contributed by atoms with van der Waals surface area (Å²) >= 11 is 0. The second-order valence-corrected chi connectivity index (χ2v) is 9.66. The van der Waals surface area contributed by atoms with Crippen molar-refractivity contribution in [3.8, 4) is 0 Å². The van der Waals surface area contributed by atoms with Gasteiger partial charge in [-0.3, -0.25) is 14.6 Å². The van der Waals surface area contributed by atoms with Gasteiger partial charge in [-0.2, -0.15) is 0 Å². The molecule has 0 atom stereocenters. The highest BCUT2D eigenvalue weighted by molar-refractivity contribution is 5.83. The van der Waals surface area contributed by atoms with Crippen molar-refractivity contribution in [2.45, 2.75) is 70.9 Å². The highest BCUT2D eigenvalue weighted by atomic mass is 16.6. The molecule has 2 aromatic rings. The van der Waals surface area contributed by atoms with Crippen LogP contribution in [0.15, 0.2) is 36.7 Å². The summed E-state index contributed by atoms with van der Waals surface area (Å²) in [5.74, 6) is -0.418. The van der Waals surface area contributed by atoms with E-state index in [-0.39, 0.29) is 30.3 Å². The van der Waals surface area contributed by atoms with Crippen LogP contribution in [0.2, 0.25) is 0 Å². The number of carboxylic acids is 1. The van der Waals surface area contributed by atoms with Crippen LogP contribution in [0.3, 0.4) is 0 Å². The fraction of sp³-hybridized carbons (Fsp3) is 0.481. The number of hydrogen-bond donors (Lipinski definition) is 1. The van der Waals surface area contributed by atoms with Crippen molar-refractivity contribution in [3.63, 3.8) is 0 Å². The SMILES string of the molecule is Cc1cncc(CC(=O)Cc2ccc3c(c2)CCN(C(=O)OC2CCC(CC(=O)O)CC2)C3)c1. The molecule has 0 saturated heterocycles. The van der Waals surface area contributed by atoms with E-state index >= 15 is 0 Å². The molecule has 2 heterocycles. The number of hydrogen-bond acceptors (Lipinski definition) is 5. The molecule has 0 unspecified atom stereocenters. The first-order chi connectivity index (χ1) is 16.4. The zero-order valence-corrected chi connectivity index (χ0v) is 19.7. The lowest BCUT2D eigenvalue weighted by molar-refractivity contribution is -0.138. The molecule has 7 heteroatoms. The average Bonchev–Trinajstić information content (AvgIpc) is 2.79. The molecule has 180 valence electrons. The van der Waals surface area contributed by atoms with E-state index in [1.165, 1.54) is 5.56 Å². The Morgan fingerprint density at radius 1 is 1.03 bits per heavy atom. The minimum Gasteiger partial charge on any atom is -0.481 e. The van der Waals surface area contributed by atoms with Crippen molar-refractivity contribution in [1.29, 1.82) is 0 Å². The first-order valence-electron chi connectivity index (χ1n) is 12.1. The van der Waals surface area contributed by atoms with Gasteiger partial charge in [-0.25, -0.2) is 4.79 Å². The van der Waals surface area contributed by atoms with Gasteiger partial charge in [0, 0.05) is 44.7 Å². The first kappa shape index (κ1) is 23.9. The number of Topliss-reactive ketones (excluding diaryl/α,β-unsaturated/α-hetero) is 1. The number of carbonyl (C=O) groups excluding carboxylic acids is 2. The van der Waals surface area contributed by atoms with Gasteiger partial charge in [0.1, 0.15) is 11.9 Å². The zero-order chi connectivity index (χ0) is 24.1. The monoisotopic (exact) mass is 464 g/mol. The predicted octanol–water partition coefficient (Wildman–Crippen LogP) is 4.27. The first-order valence-corrected chi connectivity index (χ1v) is 12.1. The van der Waals surface area contributed by atoms with Crippen LogP contribution in [-0.2, 0) is 40.1 Å². The van der Waals surface area contributed by atoms with Gasteiger partial charge in [0.05, 0.1) is 0 Å². The molecule has 0 spiro atoms. The normalized spacial score (nSPS) is 19.9. The standard InChI is InChI=1S/C27H32N2O5/c1-18-10-21(16-28-15-18)13-24(30)12-20-2-5-23-17-29(9-8-22(23)11-20)27(33)34-25-6-3-19(4-7-25)14-26(31)32/h2,5,10-11,15-16,19,25H,3-4,6-9,12-14,17H2,1H3,(H,31,32). The largest absolute Gasteiger partial charge is 0.481 e. The number of ether oxygens (including phenoxy) is 1. The zero-order valence-electron chi connectivity index (χ0n) is 19.7. The van der Waals surface area contributed by atoms with Gasteiger partial charge in [-0.1, -0.05) is 24.3 Å². The third-order valence-corrected chi connectivity index (χ3v) is 6.80. The van der Waals surface area contributed by atoms with Gasteiger partial charge >= 0.3 is 12.1 Å². The minimum absolute atomic E-state index is 0.129. The van der Waals surface area contributed by atoms with Crippen LogP contribution in [0.25, 0.3) is 0 Å². The fourth-order valence-corrected chi connectivity index (χ4v) is 5.02. The van der Waals surface area contributed by atoms with Crippen molar-refractivity contribution in [3.05, 3.63) is 64.5 Å². The van der Waals surface area contributed by atoms with E-state index in [2.05, 4.69) is 11.1 Å². The second kappa shape index (κ2) is 10.8. The lowest BCUT2D eigenvalue weighted by Crippen LogP contribution is -2.39. The maximum atomic E-state index is 12.7. The quantitative estimate of drug-likeness (QED) is 0.657. The van der Waals surface area contributed by atoms with Crippen molar-refractivity contribution in [2.24, 2.45) is 5.92 Å². The third kappa shape index (κ3) is 6.43. The van der Waals surface area contributed by atoms with Crippen LogP contribution in [0, 0.1) is 12.8 Å². The van der Waals surface area contributed by atoms with E-state index in [1.807, 2.05) is 25.1 Å². The van der Waals surface area contributed by atoms with E-state index in [0.29, 0.717) is 25.9 Å². The number of fused-ring (bicyclic) bond motifs is 1. The Balaban J connectivity index is 1.27. The van der Waals surface area contributed by atoms with Crippen molar-refractivity contribution in [2.75, 3.05) is 6.54 Å². The average molecular weight is 465 g/mol. The van der Waals surface area contributed by atoms with Gasteiger partial charge in [0.25, 0.3) is 0 Å². The van der Waals surface area contributed by atoms with E-state index < -0.39 is 5.97 Å². The van der Waals surface area contributed by atoms with Crippen LogP contribution in [0.1, 0.15) is 59.9 Å². The molecule has 1 aliphatic carbocycles. The van der Waals surface area contributed by atoms with E-state index in [0.717, 1.165) is 54.4 Å². The summed E-state index contributed by atoms with van der Waals surface area (Å²) in [5, 5.41) is 8.95. The Kier molecular flexibility index (Phi) is 7.60. The third-order valence-electron chi connectivity index (χ3n) is 6.80. The molecule has 0 radical (unpaired) electrons. The summed E-state index contributed by atoms with van der Waals surface area (Å²) in [4.78, 5) is 42.0. The summed E-state index contributed by atoms with van der Waals surface area (Å²) in [6.45, 7) is 3.06. The Labute approximate surface area is 200 Å². The molecule has 7 nitrogen and oxygen atoms in total. The molecule has 1 fully saturated rings. The summed E-state index contributed by atoms with van der Waals surface area (Å²) in [7, 11) is 0. The summed E-state index contributed by atoms with van der Waals surface area (Å²) in [6, 6.07) is 8.08. The molecule has 2 aliphatic rings. The number of nitrogens with zero attached hydrogens (tertiary/aromatic N) is 2. The number of ketones is 1. The number of aromatic nitrogens is 1. The minimum atomic E-state index is -0.761. The highest BCUT2D eigenvalue weighted by Gasteiger charge is 2.28. The molecule has 1 amide bonds. The molecule has 1 saturated carbocycles. The van der Waals surface area contributed by atoms with Gasteiger partial charge in [0.15, 0.2) is 0 Å². The Morgan fingerprint density at radius 3 is 2.53 bits per heavy atom. The van der Waals surface area contributed by atoms with Crippen molar-refractivity contribution in [1.82, 2.24) is 9.88 Å². The number of amides is 1. The lowest BCUT2D eigenvalue weighted by Gasteiger charge is -2.32. The van der Waals surface area contributed by atoms with Crippen LogP contribution in [0.5, 0.6) is 0 Å². The summed E-state index contributed by atoms with van der Waals surface area (Å²) in [6.07, 6.45) is 7.82. The number of benzene rings is 1. The lowest BCUT2D eigenvalue weighted by atomic mass is 9.85. The second-order valence-electron chi connectivity index (χ2n) is 9.66. The van der Waals surface area contributed by atoms with Gasteiger partial charge in [0.2, 0.25) is 0 Å². The van der Waals surface area contributed by atoms with Gasteiger partial charge < -0.3 is 14.7 Å². The Hall–Kier alpha value is -3.22.